The summed E-state index contributed by atoms with van der Waals surface area (Å²) >= 11 is 0. The molecule has 0 bridgehead atoms. The van der Waals surface area contributed by atoms with Gasteiger partial charge in [0.15, 0.2) is 0 Å². The first kappa shape index (κ1) is 135. The third-order valence-electron chi connectivity index (χ3n) is 33.3. The third-order valence-corrected chi connectivity index (χ3v) is 33.3. The Morgan fingerprint density at radius 2 is 0.282 bits per heavy atom. The molecule has 0 amide bonds. The van der Waals surface area contributed by atoms with Crippen molar-refractivity contribution in [1.29, 1.82) is 0 Å². The Morgan fingerprint density at radius 1 is 0.169 bits per heavy atom. The van der Waals surface area contributed by atoms with Crippen LogP contribution in [-0.4, -0.2) is 122 Å². The second kappa shape index (κ2) is 49.6. The van der Waals surface area contributed by atoms with E-state index in [1.807, 2.05) is 179 Å². The van der Waals surface area contributed by atoms with Crippen molar-refractivity contribution in [1.82, 2.24) is 0 Å². The van der Waals surface area contributed by atoms with Gasteiger partial charge in [-0.25, -0.2) is 0 Å². The lowest BCUT2D eigenvalue weighted by Crippen LogP contribution is -2.38. The molecule has 0 aliphatic carbocycles. The van der Waals surface area contributed by atoms with E-state index in [4.69, 9.17) is 14.2 Å². The second-order valence-electron chi connectivity index (χ2n) is 45.1. The highest BCUT2D eigenvalue weighted by molar-refractivity contribution is 5.64. The number of rotatable bonds is 46. The number of benzene rings is 5. The molecular weight excluding hydrogens is 1800 g/mol. The molecule has 0 saturated carbocycles. The van der Waals surface area contributed by atoms with Crippen LogP contribution in [0.15, 0.2) is 24.3 Å². The van der Waals surface area contributed by atoms with Gasteiger partial charge in [-0.1, -0.05) is 145 Å². The number of hydrogen-bond acceptors (Lipinski definition) is 23. The predicted octanol–water partition coefficient (Wildman–Crippen LogP) is 22.8. The van der Waals surface area contributed by atoms with Crippen molar-refractivity contribution in [2.75, 3.05) is 20.3 Å². The van der Waals surface area contributed by atoms with E-state index in [9.17, 15) is 102 Å². The van der Waals surface area contributed by atoms with Crippen molar-refractivity contribution >= 4 is 0 Å². The summed E-state index contributed by atoms with van der Waals surface area (Å²) in [5.41, 5.74) is -10.9. The van der Waals surface area contributed by atoms with Crippen molar-refractivity contribution in [2.45, 2.75) is 558 Å². The van der Waals surface area contributed by atoms with Crippen LogP contribution >= 0.6 is 0 Å². The van der Waals surface area contributed by atoms with Gasteiger partial charge in [-0.05, 0) is 420 Å². The van der Waals surface area contributed by atoms with Crippen LogP contribution in [0, 0.1) is 13.8 Å². The lowest BCUT2D eigenvalue weighted by atomic mass is 9.68. The monoisotopic (exact) mass is 2010 g/mol. The fraction of sp³-hybridized carbons (Fsp3) is 0.748. The molecule has 822 valence electrons. The standard InChI is InChI=1S/2C24H42O5.2C24H42O4.C23H40O5/c2*1-10-21(6,25)16-15-17(22(7,26)11-2)19(24(9,28)13-4)20(29-14-5)18(16)23(8,27)12-3;1-11-21(7,25)17-15(5)19(23(9,27)13-3)20(24(10,28)14-4)16(6)18(17)22(8,26)12-2;1-10-16-19(23(8,27)13-4)17(21(6,25)11-2)15-18(22(7,26)12-3)20(16)24(9,28)14-5;1-10-20(5,24)15-14-16(21(6,25)11-2)18(23(8,27)13-4)19(28-9)17(15)22(7,26)12-3/h2*15,25-28H,10-14H2,1-9H3;25-28H,11-14H2,1-10H3;15,25-28H,10-14H2,1-9H3;14,24-27H,10-13H2,1-9H3. The van der Waals surface area contributed by atoms with Gasteiger partial charge in [-0.2, -0.15) is 0 Å². The first-order valence-electron chi connectivity index (χ1n) is 53.6. The van der Waals surface area contributed by atoms with E-state index >= 15 is 0 Å². The average molecular weight is 2010 g/mol. The molecule has 5 rings (SSSR count). The van der Waals surface area contributed by atoms with Crippen LogP contribution in [0.2, 0.25) is 0 Å². The van der Waals surface area contributed by atoms with Crippen LogP contribution < -0.4 is 14.2 Å². The normalized spacial score (nSPS) is 20.5. The number of ether oxygens (including phenoxy) is 3. The van der Waals surface area contributed by atoms with Crippen LogP contribution in [-0.2, 0) is 118 Å². The fourth-order valence-electron chi connectivity index (χ4n) is 19.0. The highest BCUT2D eigenvalue weighted by atomic mass is 16.5. The van der Waals surface area contributed by atoms with Gasteiger partial charge in [-0.15, -0.1) is 0 Å². The molecule has 5 aromatic carbocycles. The van der Waals surface area contributed by atoms with Gasteiger partial charge >= 0.3 is 0 Å². The molecule has 0 radical (unpaired) electrons. The zero-order chi connectivity index (χ0) is 112. The third kappa shape index (κ3) is 28.9. The van der Waals surface area contributed by atoms with E-state index in [1.54, 1.807) is 157 Å². The van der Waals surface area contributed by atoms with E-state index in [-0.39, 0.29) is 0 Å². The molecular formula is C119H208O23. The molecule has 23 nitrogen and oxygen atoms in total. The Bertz CT molecular complexity index is 4320. The summed E-state index contributed by atoms with van der Waals surface area (Å²) in [5.74, 6) is 1.05. The highest BCUT2D eigenvalue weighted by Gasteiger charge is 2.51. The maximum atomic E-state index is 11.3. The van der Waals surface area contributed by atoms with Crippen molar-refractivity contribution in [3.63, 3.8) is 0 Å². The highest BCUT2D eigenvalue weighted by Crippen LogP contribution is 2.57. The van der Waals surface area contributed by atoms with E-state index in [2.05, 4.69) is 0 Å². The molecule has 0 spiro atoms. The van der Waals surface area contributed by atoms with Gasteiger partial charge in [0.05, 0.1) is 132 Å². The van der Waals surface area contributed by atoms with Crippen LogP contribution in [0.4, 0.5) is 0 Å². The maximum absolute atomic E-state index is 11.3. The van der Waals surface area contributed by atoms with Crippen molar-refractivity contribution < 1.29 is 116 Å². The smallest absolute Gasteiger partial charge is 0.132 e. The Kier molecular flexibility index (Phi) is 47.1. The second-order valence-corrected chi connectivity index (χ2v) is 45.1. The largest absolute Gasteiger partial charge is 0.496 e. The van der Waals surface area contributed by atoms with Gasteiger partial charge < -0.3 is 116 Å². The van der Waals surface area contributed by atoms with Crippen LogP contribution in [0.25, 0.3) is 0 Å². The lowest BCUT2D eigenvalue weighted by Gasteiger charge is -2.42. The van der Waals surface area contributed by atoms with E-state index < -0.39 is 112 Å². The molecule has 0 fully saturated rings. The van der Waals surface area contributed by atoms with Crippen LogP contribution in [0.3, 0.4) is 0 Å². The summed E-state index contributed by atoms with van der Waals surface area (Å²) in [6, 6.07) is 7.09. The van der Waals surface area contributed by atoms with Gasteiger partial charge in [0.1, 0.15) is 17.2 Å². The average Bonchev–Trinajstić information content (AvgIpc) is 0.722. The Morgan fingerprint density at radius 3 is 0.394 bits per heavy atom. The number of aliphatic hydroxyl groups is 20. The summed E-state index contributed by atoms with van der Waals surface area (Å²) < 4.78 is 17.9. The predicted molar refractivity (Wildman–Crippen MR) is 577 cm³/mol. The SMILES string of the molecule is CCC(C)(O)c1c(C)c(C(C)(O)CC)c(C(C)(O)CC)c(C)c1C(C)(O)CC.CCC(C)(O)c1cc(C(C)(O)CC)c(C(C)(O)CC)c(OC)c1C(C)(O)CC.CCOc1c(C(C)(O)CC)c(C(C)(O)CC)cc(C(C)(O)CC)c1C(C)(O)CC.CCOc1c(C(C)(O)CC)c(C(C)(O)CC)cc(C(C)(O)CC)c1C(C)(O)CC.CCc1c(C(C)(O)CC)c(C(C)(O)CC)cc(C(C)(O)CC)c1C(C)(O)CC. The Labute approximate surface area is 859 Å². The van der Waals surface area contributed by atoms with Crippen molar-refractivity contribution in [2.24, 2.45) is 0 Å². The number of hydrogen-bond donors (Lipinski definition) is 20. The van der Waals surface area contributed by atoms with Gasteiger partial charge in [0.25, 0.3) is 0 Å². The molecule has 0 aliphatic heterocycles. The van der Waals surface area contributed by atoms with E-state index in [1.165, 1.54) is 7.11 Å². The summed E-state index contributed by atoms with van der Waals surface area (Å²) in [4.78, 5) is 0. The van der Waals surface area contributed by atoms with E-state index in [0.29, 0.717) is 277 Å². The van der Waals surface area contributed by atoms with Gasteiger partial charge in [0.2, 0.25) is 0 Å². The minimum Gasteiger partial charge on any atom is -0.496 e. The minimum atomic E-state index is -1.28. The molecule has 0 aromatic heterocycles. The van der Waals surface area contributed by atoms with E-state index in [0.717, 1.165) is 16.7 Å². The Hall–Kier alpha value is -5.30. The molecule has 0 aliphatic rings. The minimum absolute atomic E-state index is 0.324. The van der Waals surface area contributed by atoms with Gasteiger partial charge in [-0.3, -0.25) is 0 Å². The molecule has 23 heteroatoms. The lowest BCUT2D eigenvalue weighted by molar-refractivity contribution is 0.0128. The van der Waals surface area contributed by atoms with Crippen molar-refractivity contribution in [3.8, 4) is 17.2 Å². The zero-order valence-electron chi connectivity index (χ0n) is 97.7. The molecule has 142 heavy (non-hydrogen) atoms. The first-order valence-corrected chi connectivity index (χ1v) is 53.6. The van der Waals surface area contributed by atoms with Crippen LogP contribution in [0.5, 0.6) is 17.2 Å². The Balaban J connectivity index is 0.000000888. The summed E-state index contributed by atoms with van der Waals surface area (Å²) in [6.45, 7) is 82.2. The zero-order valence-corrected chi connectivity index (χ0v) is 97.7. The quantitative estimate of drug-likeness (QED) is 0.0172. The van der Waals surface area contributed by atoms with Crippen molar-refractivity contribution in [3.05, 3.63) is 152 Å². The summed E-state index contributed by atoms with van der Waals surface area (Å²) in [7, 11) is 1.49. The molecule has 20 unspecified atom stereocenters. The maximum Gasteiger partial charge on any atom is 0.132 e. The molecule has 0 heterocycles. The molecule has 5 aromatic rings. The van der Waals surface area contributed by atoms with Crippen LogP contribution in [0.1, 0.15) is 554 Å². The molecule has 20 atom stereocenters. The fourth-order valence-corrected chi connectivity index (χ4v) is 19.0. The molecule has 0 saturated heterocycles. The summed E-state index contributed by atoms with van der Waals surface area (Å²) in [6.07, 6.45) is 9.26. The summed E-state index contributed by atoms with van der Waals surface area (Å²) in [5, 5.41) is 225. The number of methoxy groups -OCH3 is 1. The molecule has 20 N–H and O–H groups in total. The first-order chi connectivity index (χ1) is 64.2. The van der Waals surface area contributed by atoms with Gasteiger partial charge in [0, 0.05) is 33.4 Å². The topological polar surface area (TPSA) is 432 Å².